The van der Waals surface area contributed by atoms with Crippen LogP contribution in [0.3, 0.4) is 0 Å². The number of hydrogen-bond acceptors (Lipinski definition) is 6. The number of halogens is 1. The SMILES string of the molecule is O=C(NCc1cccc2c1OCCO2)c1cc(S(=O)(=O)N2CCOCC2)ccc1F. The Morgan fingerprint density at radius 3 is 2.63 bits per heavy atom. The van der Waals surface area contributed by atoms with Gasteiger partial charge in [0.15, 0.2) is 11.5 Å². The number of benzene rings is 2. The van der Waals surface area contributed by atoms with E-state index in [9.17, 15) is 17.6 Å². The first-order valence-electron chi connectivity index (χ1n) is 9.50. The zero-order valence-corrected chi connectivity index (χ0v) is 16.9. The highest BCUT2D eigenvalue weighted by molar-refractivity contribution is 7.89. The Morgan fingerprint density at radius 2 is 1.83 bits per heavy atom. The van der Waals surface area contributed by atoms with Crippen molar-refractivity contribution in [1.82, 2.24) is 9.62 Å². The number of rotatable bonds is 5. The molecule has 1 saturated heterocycles. The van der Waals surface area contributed by atoms with Gasteiger partial charge in [-0.2, -0.15) is 4.31 Å². The predicted molar refractivity (Wildman–Crippen MR) is 105 cm³/mol. The second kappa shape index (κ2) is 8.58. The first-order valence-corrected chi connectivity index (χ1v) is 10.9. The summed E-state index contributed by atoms with van der Waals surface area (Å²) in [6.45, 7) is 1.92. The van der Waals surface area contributed by atoms with Crippen molar-refractivity contribution in [2.24, 2.45) is 0 Å². The highest BCUT2D eigenvalue weighted by Gasteiger charge is 2.28. The van der Waals surface area contributed by atoms with E-state index < -0.39 is 21.7 Å². The van der Waals surface area contributed by atoms with Crippen molar-refractivity contribution in [3.8, 4) is 11.5 Å². The van der Waals surface area contributed by atoms with E-state index in [1.165, 1.54) is 4.31 Å². The van der Waals surface area contributed by atoms with Crippen LogP contribution in [0.1, 0.15) is 15.9 Å². The highest BCUT2D eigenvalue weighted by atomic mass is 32.2. The summed E-state index contributed by atoms with van der Waals surface area (Å²) in [5.41, 5.74) is 0.337. The molecule has 2 aromatic carbocycles. The van der Waals surface area contributed by atoms with Crippen molar-refractivity contribution < 1.29 is 31.8 Å². The normalized spacial score (nSPS) is 16.8. The van der Waals surface area contributed by atoms with Gasteiger partial charge in [0, 0.05) is 25.2 Å². The molecule has 1 fully saturated rings. The van der Waals surface area contributed by atoms with Crippen LogP contribution in [-0.4, -0.2) is 58.1 Å². The zero-order chi connectivity index (χ0) is 21.1. The molecule has 2 aliphatic rings. The molecule has 2 aliphatic heterocycles. The maximum absolute atomic E-state index is 14.3. The summed E-state index contributed by atoms with van der Waals surface area (Å²) in [5, 5.41) is 2.62. The molecular formula is C20H21FN2O6S. The van der Waals surface area contributed by atoms with Gasteiger partial charge in [0.25, 0.3) is 5.91 Å². The third kappa shape index (κ3) is 4.11. The molecule has 0 saturated carbocycles. The molecule has 0 atom stereocenters. The Hall–Kier alpha value is -2.69. The van der Waals surface area contributed by atoms with Gasteiger partial charge in [0.2, 0.25) is 10.0 Å². The van der Waals surface area contributed by atoms with Crippen LogP contribution in [0.2, 0.25) is 0 Å². The van der Waals surface area contributed by atoms with E-state index in [1.54, 1.807) is 18.2 Å². The number of fused-ring (bicyclic) bond motifs is 1. The quantitative estimate of drug-likeness (QED) is 0.764. The molecule has 1 N–H and O–H groups in total. The number of sulfonamides is 1. The maximum Gasteiger partial charge on any atom is 0.254 e. The number of morpholine rings is 1. The van der Waals surface area contributed by atoms with Gasteiger partial charge in [-0.15, -0.1) is 0 Å². The summed E-state index contributed by atoms with van der Waals surface area (Å²) in [4.78, 5) is 12.5. The fourth-order valence-electron chi connectivity index (χ4n) is 3.32. The summed E-state index contributed by atoms with van der Waals surface area (Å²) < 4.78 is 57.5. The molecule has 0 radical (unpaired) electrons. The number of nitrogens with one attached hydrogen (secondary N) is 1. The van der Waals surface area contributed by atoms with E-state index in [4.69, 9.17) is 14.2 Å². The van der Waals surface area contributed by atoms with E-state index in [-0.39, 0.29) is 30.1 Å². The van der Waals surface area contributed by atoms with E-state index in [0.717, 1.165) is 18.2 Å². The third-order valence-corrected chi connectivity index (χ3v) is 6.77. The molecule has 2 aromatic rings. The number of hydrogen-bond donors (Lipinski definition) is 1. The van der Waals surface area contributed by atoms with Gasteiger partial charge < -0.3 is 19.5 Å². The van der Waals surface area contributed by atoms with Gasteiger partial charge in [-0.05, 0) is 24.3 Å². The standard InChI is InChI=1S/C20H21FN2O6S/c21-17-5-4-15(30(25,26)23-6-8-27-9-7-23)12-16(17)20(24)22-13-14-2-1-3-18-19(14)29-11-10-28-18/h1-5,12H,6-11,13H2,(H,22,24). The minimum Gasteiger partial charge on any atom is -0.486 e. The van der Waals surface area contributed by atoms with Crippen LogP contribution >= 0.6 is 0 Å². The van der Waals surface area contributed by atoms with Crippen LogP contribution in [0, 0.1) is 5.82 Å². The maximum atomic E-state index is 14.3. The summed E-state index contributed by atoms with van der Waals surface area (Å²) in [6, 6.07) is 8.52. The Morgan fingerprint density at radius 1 is 1.07 bits per heavy atom. The van der Waals surface area contributed by atoms with E-state index in [1.807, 2.05) is 0 Å². The van der Waals surface area contributed by atoms with Crippen LogP contribution < -0.4 is 14.8 Å². The Labute approximate surface area is 173 Å². The average Bonchev–Trinajstić information content (AvgIpc) is 2.78. The number of nitrogens with zero attached hydrogens (tertiary/aromatic N) is 1. The second-order valence-corrected chi connectivity index (χ2v) is 8.72. The van der Waals surface area contributed by atoms with Gasteiger partial charge in [0.05, 0.1) is 23.7 Å². The molecule has 10 heteroatoms. The monoisotopic (exact) mass is 436 g/mol. The van der Waals surface area contributed by atoms with Gasteiger partial charge in [-0.1, -0.05) is 12.1 Å². The van der Waals surface area contributed by atoms with E-state index in [0.29, 0.717) is 43.5 Å². The summed E-state index contributed by atoms with van der Waals surface area (Å²) in [7, 11) is -3.84. The zero-order valence-electron chi connectivity index (χ0n) is 16.1. The topological polar surface area (TPSA) is 94.2 Å². The highest BCUT2D eigenvalue weighted by Crippen LogP contribution is 2.33. The van der Waals surface area contributed by atoms with Crippen molar-refractivity contribution in [2.45, 2.75) is 11.4 Å². The minimum absolute atomic E-state index is 0.0747. The Bertz CT molecular complexity index is 1050. The molecule has 0 spiro atoms. The molecule has 4 rings (SSSR count). The van der Waals surface area contributed by atoms with E-state index in [2.05, 4.69) is 5.32 Å². The molecule has 0 unspecified atom stereocenters. The molecule has 30 heavy (non-hydrogen) atoms. The smallest absolute Gasteiger partial charge is 0.254 e. The van der Waals surface area contributed by atoms with Crippen molar-refractivity contribution in [1.29, 1.82) is 0 Å². The van der Waals surface area contributed by atoms with Crippen molar-refractivity contribution in [3.63, 3.8) is 0 Å². The van der Waals surface area contributed by atoms with Crippen LogP contribution in [0.25, 0.3) is 0 Å². The van der Waals surface area contributed by atoms with Gasteiger partial charge in [-0.3, -0.25) is 4.79 Å². The van der Waals surface area contributed by atoms with Crippen LogP contribution in [0.5, 0.6) is 11.5 Å². The van der Waals surface area contributed by atoms with Crippen LogP contribution in [0.4, 0.5) is 4.39 Å². The lowest BCUT2D eigenvalue weighted by molar-refractivity contribution is 0.0730. The molecule has 0 aromatic heterocycles. The largest absolute Gasteiger partial charge is 0.486 e. The Kier molecular flexibility index (Phi) is 5.89. The number of para-hydroxylation sites is 1. The molecule has 0 aliphatic carbocycles. The van der Waals surface area contributed by atoms with Gasteiger partial charge >= 0.3 is 0 Å². The van der Waals surface area contributed by atoms with Gasteiger partial charge in [0.1, 0.15) is 19.0 Å². The lowest BCUT2D eigenvalue weighted by Crippen LogP contribution is -2.40. The fourth-order valence-corrected chi connectivity index (χ4v) is 4.75. The number of amides is 1. The first-order chi connectivity index (χ1) is 14.5. The Balaban J connectivity index is 1.53. The average molecular weight is 436 g/mol. The van der Waals surface area contributed by atoms with E-state index >= 15 is 0 Å². The molecule has 2 heterocycles. The molecule has 160 valence electrons. The molecule has 1 amide bonds. The minimum atomic E-state index is -3.84. The second-order valence-electron chi connectivity index (χ2n) is 6.78. The van der Waals surface area contributed by atoms with Gasteiger partial charge in [-0.25, -0.2) is 12.8 Å². The van der Waals surface area contributed by atoms with Crippen LogP contribution in [-0.2, 0) is 21.3 Å². The van der Waals surface area contributed by atoms with Crippen molar-refractivity contribution in [2.75, 3.05) is 39.5 Å². The first kappa shape index (κ1) is 20.6. The molecule has 8 nitrogen and oxygen atoms in total. The van der Waals surface area contributed by atoms with Crippen LogP contribution in [0.15, 0.2) is 41.3 Å². The molecular weight excluding hydrogens is 415 g/mol. The lowest BCUT2D eigenvalue weighted by Gasteiger charge is -2.26. The summed E-state index contributed by atoms with van der Waals surface area (Å²) in [5.74, 6) is -0.407. The number of ether oxygens (including phenoxy) is 3. The van der Waals surface area contributed by atoms with Crippen molar-refractivity contribution >= 4 is 15.9 Å². The summed E-state index contributed by atoms with van der Waals surface area (Å²) >= 11 is 0. The fraction of sp³-hybridized carbons (Fsp3) is 0.350. The van der Waals surface area contributed by atoms with Crippen molar-refractivity contribution in [3.05, 3.63) is 53.3 Å². The number of carbonyl (C=O) groups is 1. The predicted octanol–water partition coefficient (Wildman–Crippen LogP) is 1.55. The number of carbonyl (C=O) groups excluding carboxylic acids is 1. The molecule has 0 bridgehead atoms. The third-order valence-electron chi connectivity index (χ3n) is 4.88. The lowest BCUT2D eigenvalue weighted by atomic mass is 10.1. The summed E-state index contributed by atoms with van der Waals surface area (Å²) in [6.07, 6.45) is 0.